The molecule has 30 heavy (non-hydrogen) atoms. The summed E-state index contributed by atoms with van der Waals surface area (Å²) in [6.45, 7) is 3.59. The van der Waals surface area contributed by atoms with E-state index in [1.807, 2.05) is 0 Å². The van der Waals surface area contributed by atoms with Crippen LogP contribution in [0.25, 0.3) is 0 Å². The molecule has 1 rings (SSSR count). The van der Waals surface area contributed by atoms with E-state index in [2.05, 4.69) is 21.5 Å². The first-order valence-corrected chi connectivity index (χ1v) is 10.5. The summed E-state index contributed by atoms with van der Waals surface area (Å²) in [6.07, 6.45) is 1.69. The van der Waals surface area contributed by atoms with Gasteiger partial charge in [-0.25, -0.2) is 9.59 Å². The fourth-order valence-corrected chi connectivity index (χ4v) is 3.10. The topological polar surface area (TPSA) is 137 Å². The molecule has 0 heterocycles. The molecule has 158 valence electrons. The van der Waals surface area contributed by atoms with E-state index in [1.165, 1.54) is 32.2 Å². The zero-order valence-corrected chi connectivity index (χ0v) is 23.1. The van der Waals surface area contributed by atoms with Gasteiger partial charge in [0.15, 0.2) is 0 Å². The minimum absolute atomic E-state index is 0. The smallest absolute Gasteiger partial charge is 0.790 e. The molecule has 0 spiro atoms. The Kier molecular flexibility index (Phi) is 17.9. The molecule has 12 heteroatoms. The summed E-state index contributed by atoms with van der Waals surface area (Å²) in [6, 6.07) is 4.96. The number of carbonyl (C=O) groups is 2. The average molecular weight is 461 g/mol. The number of hydrogen-bond acceptors (Lipinski definition) is 8. The van der Waals surface area contributed by atoms with Crippen molar-refractivity contribution < 1.29 is 97.1 Å². The first-order chi connectivity index (χ1) is 13.2. The number of hydrogen-bond donors (Lipinski definition) is 1. The van der Waals surface area contributed by atoms with E-state index in [0.29, 0.717) is 12.0 Å². The van der Waals surface area contributed by atoms with Crippen molar-refractivity contribution in [2.75, 3.05) is 13.7 Å². The Morgan fingerprint density at radius 1 is 1.17 bits per heavy atom. The molecule has 0 aliphatic rings. The molecule has 0 aliphatic carbocycles. The van der Waals surface area contributed by atoms with E-state index >= 15 is 0 Å². The van der Waals surface area contributed by atoms with Gasteiger partial charge in [0.25, 0.3) is 0 Å². The van der Waals surface area contributed by atoms with Gasteiger partial charge in [-0.15, -0.1) is 0 Å². The van der Waals surface area contributed by atoms with E-state index in [0.717, 1.165) is 19.3 Å². The zero-order valence-electron chi connectivity index (χ0n) is 18.2. The number of alkyl carbamates (subject to hydrolysis) is 1. The molecular weight excluding hydrogens is 435 g/mol. The van der Waals surface area contributed by atoms with Gasteiger partial charge in [0, 0.05) is 0 Å². The number of rotatable bonds is 11. The average Bonchev–Trinajstić information content (AvgIpc) is 2.64. The predicted octanol–water partition coefficient (Wildman–Crippen LogP) is -3.94. The molecule has 0 saturated heterocycles. The standard InChI is InChI=1S/C18H28NO8P.2Na/c1-4-5-6-7-11-26-18(21)19-16(13(2)27-28(22,23)24)14-9-8-10-15(12-14)17(20)25-3;;/h8-10,12-13,16H,4-7,11H2,1-3H3,(H,19,21)(H2,22,23,24);;/q;2*+1/p-2/t13-,16-;;/m0../s1. The minimum Gasteiger partial charge on any atom is -0.790 e. The van der Waals surface area contributed by atoms with Gasteiger partial charge in [-0.2, -0.15) is 0 Å². The van der Waals surface area contributed by atoms with Crippen LogP contribution in [0.1, 0.15) is 61.5 Å². The molecule has 0 unspecified atom stereocenters. The van der Waals surface area contributed by atoms with Gasteiger partial charge in [0.2, 0.25) is 0 Å². The minimum atomic E-state index is -5.29. The van der Waals surface area contributed by atoms with Crippen molar-refractivity contribution in [3.8, 4) is 0 Å². The maximum Gasteiger partial charge on any atom is 1.00 e. The van der Waals surface area contributed by atoms with Gasteiger partial charge in [-0.1, -0.05) is 38.3 Å². The summed E-state index contributed by atoms with van der Waals surface area (Å²) in [5.74, 6) is -0.606. The molecule has 1 aromatic rings. The van der Waals surface area contributed by atoms with Crippen LogP contribution in [0.15, 0.2) is 24.3 Å². The van der Waals surface area contributed by atoms with Gasteiger partial charge in [-0.3, -0.25) is 0 Å². The summed E-state index contributed by atoms with van der Waals surface area (Å²) >= 11 is 0. The van der Waals surface area contributed by atoms with E-state index in [9.17, 15) is 23.9 Å². The Balaban J connectivity index is 0. The Labute approximate surface area is 221 Å². The van der Waals surface area contributed by atoms with Gasteiger partial charge in [0.05, 0.1) is 39.2 Å². The van der Waals surface area contributed by atoms with Crippen molar-refractivity contribution in [2.45, 2.75) is 51.7 Å². The Bertz CT molecular complexity index is 701. The predicted molar refractivity (Wildman–Crippen MR) is 97.3 cm³/mol. The molecule has 9 nitrogen and oxygen atoms in total. The monoisotopic (exact) mass is 461 g/mol. The van der Waals surface area contributed by atoms with Gasteiger partial charge in [0.1, 0.15) is 0 Å². The van der Waals surface area contributed by atoms with Gasteiger partial charge in [-0.05, 0) is 31.0 Å². The van der Waals surface area contributed by atoms with Crippen LogP contribution in [0.2, 0.25) is 0 Å². The number of phosphoric acid groups is 1. The Morgan fingerprint density at radius 3 is 2.40 bits per heavy atom. The second kappa shape index (κ2) is 16.7. The molecule has 0 radical (unpaired) electrons. The van der Waals surface area contributed by atoms with Crippen LogP contribution in [0, 0.1) is 0 Å². The van der Waals surface area contributed by atoms with Crippen LogP contribution in [0.4, 0.5) is 4.79 Å². The van der Waals surface area contributed by atoms with Crippen LogP contribution in [0.5, 0.6) is 0 Å². The number of carbonyl (C=O) groups excluding carboxylic acids is 2. The van der Waals surface area contributed by atoms with E-state index < -0.39 is 32.0 Å². The van der Waals surface area contributed by atoms with Crippen molar-refractivity contribution in [2.24, 2.45) is 0 Å². The molecular formula is C18H26NNa2O8P. The molecule has 0 aliphatic heterocycles. The normalized spacial score (nSPS) is 12.6. The number of phosphoric ester groups is 1. The quantitative estimate of drug-likeness (QED) is 0.153. The molecule has 0 bridgehead atoms. The third-order valence-corrected chi connectivity index (χ3v) is 4.53. The third-order valence-electron chi connectivity index (χ3n) is 3.94. The van der Waals surface area contributed by atoms with Crippen LogP contribution in [0.3, 0.4) is 0 Å². The molecule has 0 saturated carbocycles. The first kappa shape index (κ1) is 32.3. The Hall–Kier alpha value is 0.0700. The zero-order chi connectivity index (χ0) is 21.2. The number of esters is 1. The number of nitrogens with one attached hydrogen (secondary N) is 1. The SMILES string of the molecule is CCCCCCOC(=O)N[C@H](c1cccc(C(=O)OC)c1)[C@H](C)OP(=O)([O-])[O-].[Na+].[Na+]. The summed E-state index contributed by atoms with van der Waals surface area (Å²) in [4.78, 5) is 45.8. The maximum absolute atomic E-state index is 12.1. The maximum atomic E-state index is 12.1. The Morgan fingerprint density at radius 2 is 1.83 bits per heavy atom. The molecule has 0 aromatic heterocycles. The van der Waals surface area contributed by atoms with E-state index in [-0.39, 0.29) is 71.3 Å². The van der Waals surface area contributed by atoms with Crippen LogP contribution in [-0.4, -0.2) is 31.9 Å². The van der Waals surface area contributed by atoms with Gasteiger partial charge >= 0.3 is 71.2 Å². The summed E-state index contributed by atoms with van der Waals surface area (Å²) in [5, 5.41) is 2.49. The molecule has 2 atom stereocenters. The second-order valence-electron chi connectivity index (χ2n) is 6.19. The van der Waals surface area contributed by atoms with Crippen LogP contribution in [-0.2, 0) is 18.6 Å². The van der Waals surface area contributed by atoms with Crippen molar-refractivity contribution >= 4 is 19.9 Å². The van der Waals surface area contributed by atoms with Crippen molar-refractivity contribution in [1.82, 2.24) is 5.32 Å². The second-order valence-corrected chi connectivity index (χ2v) is 7.30. The number of ether oxygens (including phenoxy) is 2. The van der Waals surface area contributed by atoms with Crippen molar-refractivity contribution in [1.29, 1.82) is 0 Å². The fourth-order valence-electron chi connectivity index (χ4n) is 2.58. The fraction of sp³-hybridized carbons (Fsp3) is 0.556. The number of amides is 1. The first-order valence-electron chi connectivity index (χ1n) is 9.00. The molecule has 1 N–H and O–H groups in total. The molecule has 1 aromatic carbocycles. The number of methoxy groups -OCH3 is 1. The van der Waals surface area contributed by atoms with Crippen LogP contribution < -0.4 is 74.2 Å². The van der Waals surface area contributed by atoms with E-state index in [4.69, 9.17) is 4.74 Å². The molecule has 0 fully saturated rings. The van der Waals surface area contributed by atoms with Crippen molar-refractivity contribution in [3.05, 3.63) is 35.4 Å². The summed E-state index contributed by atoms with van der Waals surface area (Å²) in [5.41, 5.74) is 0.547. The van der Waals surface area contributed by atoms with Crippen LogP contribution >= 0.6 is 7.82 Å². The molecule has 1 amide bonds. The summed E-state index contributed by atoms with van der Waals surface area (Å²) in [7, 11) is -4.07. The number of unbranched alkanes of at least 4 members (excludes halogenated alkanes) is 3. The number of benzene rings is 1. The van der Waals surface area contributed by atoms with Crippen molar-refractivity contribution in [3.63, 3.8) is 0 Å². The third kappa shape index (κ3) is 12.8. The largest absolute Gasteiger partial charge is 1.00 e. The van der Waals surface area contributed by atoms with E-state index in [1.54, 1.807) is 6.07 Å². The van der Waals surface area contributed by atoms with Gasteiger partial charge < -0.3 is 33.7 Å². The summed E-state index contributed by atoms with van der Waals surface area (Å²) < 4.78 is 25.2.